The number of ether oxygens (including phenoxy) is 2. The van der Waals surface area contributed by atoms with Gasteiger partial charge in [0, 0.05) is 18.8 Å². The molecule has 0 saturated heterocycles. The van der Waals surface area contributed by atoms with Gasteiger partial charge in [-0.15, -0.1) is 0 Å². The van der Waals surface area contributed by atoms with Crippen LogP contribution in [0.15, 0.2) is 24.3 Å². The highest BCUT2D eigenvalue weighted by molar-refractivity contribution is 5.49. The van der Waals surface area contributed by atoms with Gasteiger partial charge in [-0.25, -0.2) is 0 Å². The molecular weight excluding hydrogens is 242 g/mol. The summed E-state index contributed by atoms with van der Waals surface area (Å²) in [4.78, 5) is 10.5. The second-order valence-electron chi connectivity index (χ2n) is 4.61. The molecule has 0 amide bonds. The minimum Gasteiger partial charge on any atom is -0.486 e. The minimum atomic E-state index is -0.0804. The average Bonchev–Trinajstić information content (AvgIpc) is 2.47. The van der Waals surface area contributed by atoms with Crippen molar-refractivity contribution in [3.63, 3.8) is 0 Å². The summed E-state index contributed by atoms with van der Waals surface area (Å²) < 4.78 is 11.6. The SMILES string of the molecule is N#CCCC(CCC=O)C1COc2ccccc2O1. The lowest BCUT2D eigenvalue weighted by molar-refractivity contribution is -0.108. The lowest BCUT2D eigenvalue weighted by atomic mass is 9.92. The van der Waals surface area contributed by atoms with E-state index in [1.165, 1.54) is 0 Å². The number of para-hydroxylation sites is 2. The zero-order valence-corrected chi connectivity index (χ0v) is 10.7. The molecule has 0 bridgehead atoms. The molecule has 0 spiro atoms. The standard InChI is InChI=1S/C15H17NO3/c16-9-3-5-12(6-4-10-17)15-11-18-13-7-1-2-8-14(13)19-15/h1-2,7-8,10,12,15H,3-6,11H2. The third-order valence-corrected chi connectivity index (χ3v) is 3.34. The van der Waals surface area contributed by atoms with Crippen LogP contribution in [0.2, 0.25) is 0 Å². The smallest absolute Gasteiger partial charge is 0.161 e. The minimum absolute atomic E-state index is 0.0804. The lowest BCUT2D eigenvalue weighted by Crippen LogP contribution is -2.36. The maximum Gasteiger partial charge on any atom is 0.161 e. The Morgan fingerprint density at radius 2 is 2.16 bits per heavy atom. The largest absolute Gasteiger partial charge is 0.486 e. The van der Waals surface area contributed by atoms with Crippen molar-refractivity contribution in [3.05, 3.63) is 24.3 Å². The molecule has 0 saturated carbocycles. The van der Waals surface area contributed by atoms with Gasteiger partial charge < -0.3 is 14.3 Å². The average molecular weight is 259 g/mol. The number of carbonyl (C=O) groups excluding carboxylic acids is 1. The van der Waals surface area contributed by atoms with Crippen molar-refractivity contribution in [2.24, 2.45) is 5.92 Å². The van der Waals surface area contributed by atoms with Crippen LogP contribution >= 0.6 is 0 Å². The fourth-order valence-corrected chi connectivity index (χ4v) is 2.32. The molecule has 1 aliphatic rings. The Balaban J connectivity index is 2.02. The number of rotatable bonds is 6. The van der Waals surface area contributed by atoms with Gasteiger partial charge in [-0.2, -0.15) is 5.26 Å². The predicted molar refractivity (Wildman–Crippen MR) is 70.0 cm³/mol. The molecule has 2 unspecified atom stereocenters. The van der Waals surface area contributed by atoms with Gasteiger partial charge in [0.05, 0.1) is 6.07 Å². The first-order chi connectivity index (χ1) is 9.35. The normalized spacial score (nSPS) is 18.4. The van der Waals surface area contributed by atoms with Crippen molar-refractivity contribution < 1.29 is 14.3 Å². The quantitative estimate of drug-likeness (QED) is 0.737. The van der Waals surface area contributed by atoms with Crippen LogP contribution in [0.1, 0.15) is 25.7 Å². The molecule has 0 aliphatic carbocycles. The molecule has 1 aromatic carbocycles. The van der Waals surface area contributed by atoms with E-state index in [2.05, 4.69) is 6.07 Å². The zero-order valence-electron chi connectivity index (χ0n) is 10.7. The maximum atomic E-state index is 10.5. The molecule has 0 aromatic heterocycles. The first-order valence-electron chi connectivity index (χ1n) is 6.54. The second-order valence-corrected chi connectivity index (χ2v) is 4.61. The number of nitriles is 1. The van der Waals surface area contributed by atoms with Gasteiger partial charge in [-0.05, 0) is 25.0 Å². The van der Waals surface area contributed by atoms with E-state index in [1.54, 1.807) is 0 Å². The number of nitrogens with zero attached hydrogens (tertiary/aromatic N) is 1. The zero-order chi connectivity index (χ0) is 13.5. The van der Waals surface area contributed by atoms with E-state index in [4.69, 9.17) is 14.7 Å². The Labute approximate surface area is 112 Å². The van der Waals surface area contributed by atoms with Crippen molar-refractivity contribution in [1.29, 1.82) is 5.26 Å². The molecule has 4 heteroatoms. The number of hydrogen-bond acceptors (Lipinski definition) is 4. The van der Waals surface area contributed by atoms with E-state index in [9.17, 15) is 4.79 Å². The van der Waals surface area contributed by atoms with Crippen LogP contribution in [0.25, 0.3) is 0 Å². The molecule has 4 nitrogen and oxygen atoms in total. The molecule has 19 heavy (non-hydrogen) atoms. The molecule has 2 atom stereocenters. The summed E-state index contributed by atoms with van der Waals surface area (Å²) in [6.45, 7) is 0.478. The van der Waals surface area contributed by atoms with Gasteiger partial charge in [-0.1, -0.05) is 12.1 Å². The van der Waals surface area contributed by atoms with E-state index in [-0.39, 0.29) is 12.0 Å². The van der Waals surface area contributed by atoms with E-state index >= 15 is 0 Å². The molecule has 1 aromatic rings. The predicted octanol–water partition coefficient (Wildman–Crippen LogP) is 2.73. The van der Waals surface area contributed by atoms with Crippen molar-refractivity contribution in [1.82, 2.24) is 0 Å². The summed E-state index contributed by atoms with van der Waals surface area (Å²) in [7, 11) is 0. The number of benzene rings is 1. The molecule has 1 aliphatic heterocycles. The summed E-state index contributed by atoms with van der Waals surface area (Å²) in [5.41, 5.74) is 0. The van der Waals surface area contributed by atoms with Crippen LogP contribution in [0.5, 0.6) is 11.5 Å². The van der Waals surface area contributed by atoms with Crippen LogP contribution in [0.4, 0.5) is 0 Å². The van der Waals surface area contributed by atoms with Crippen LogP contribution in [-0.2, 0) is 4.79 Å². The van der Waals surface area contributed by atoms with Crippen LogP contribution in [-0.4, -0.2) is 19.0 Å². The number of fused-ring (bicyclic) bond motifs is 1. The molecule has 0 N–H and O–H groups in total. The maximum absolute atomic E-state index is 10.5. The van der Waals surface area contributed by atoms with Gasteiger partial charge in [0.2, 0.25) is 0 Å². The monoisotopic (exact) mass is 259 g/mol. The highest BCUT2D eigenvalue weighted by Crippen LogP contribution is 2.34. The molecule has 0 fully saturated rings. The molecule has 100 valence electrons. The summed E-state index contributed by atoms with van der Waals surface area (Å²) in [5.74, 6) is 1.68. The van der Waals surface area contributed by atoms with Crippen LogP contribution in [0, 0.1) is 17.2 Å². The number of carbonyl (C=O) groups is 1. The highest BCUT2D eigenvalue weighted by atomic mass is 16.6. The molecule has 2 rings (SSSR count). The third-order valence-electron chi connectivity index (χ3n) is 3.34. The highest BCUT2D eigenvalue weighted by Gasteiger charge is 2.28. The van der Waals surface area contributed by atoms with E-state index in [0.717, 1.165) is 30.6 Å². The summed E-state index contributed by atoms with van der Waals surface area (Å²) >= 11 is 0. The number of hydrogen-bond donors (Lipinski definition) is 0. The number of aldehydes is 1. The van der Waals surface area contributed by atoms with E-state index < -0.39 is 0 Å². The second kappa shape index (κ2) is 6.79. The van der Waals surface area contributed by atoms with Crippen LogP contribution in [0.3, 0.4) is 0 Å². The summed E-state index contributed by atoms with van der Waals surface area (Å²) in [6.07, 6.45) is 3.28. The van der Waals surface area contributed by atoms with Gasteiger partial charge in [0.1, 0.15) is 19.0 Å². The fourth-order valence-electron chi connectivity index (χ4n) is 2.32. The first-order valence-corrected chi connectivity index (χ1v) is 6.54. The van der Waals surface area contributed by atoms with Crippen LogP contribution < -0.4 is 9.47 Å². The van der Waals surface area contributed by atoms with Crippen molar-refractivity contribution in [2.45, 2.75) is 31.8 Å². The topological polar surface area (TPSA) is 59.3 Å². The van der Waals surface area contributed by atoms with Gasteiger partial charge >= 0.3 is 0 Å². The summed E-state index contributed by atoms with van der Waals surface area (Å²) in [6, 6.07) is 9.71. The van der Waals surface area contributed by atoms with Gasteiger partial charge in [0.25, 0.3) is 0 Å². The first kappa shape index (κ1) is 13.4. The fraction of sp³-hybridized carbons (Fsp3) is 0.467. The lowest BCUT2D eigenvalue weighted by Gasteiger charge is -2.31. The molecule has 0 radical (unpaired) electrons. The Hall–Kier alpha value is -2.02. The Kier molecular flexibility index (Phi) is 4.79. The van der Waals surface area contributed by atoms with Crippen molar-refractivity contribution in [3.8, 4) is 17.6 Å². The Bertz CT molecular complexity index is 467. The van der Waals surface area contributed by atoms with E-state index in [0.29, 0.717) is 19.4 Å². The Morgan fingerprint density at radius 1 is 1.37 bits per heavy atom. The van der Waals surface area contributed by atoms with Gasteiger partial charge in [-0.3, -0.25) is 0 Å². The summed E-state index contributed by atoms with van der Waals surface area (Å²) in [5, 5.41) is 8.71. The Morgan fingerprint density at radius 3 is 2.89 bits per heavy atom. The van der Waals surface area contributed by atoms with Crippen molar-refractivity contribution >= 4 is 6.29 Å². The molecule has 1 heterocycles. The van der Waals surface area contributed by atoms with E-state index in [1.807, 2.05) is 24.3 Å². The van der Waals surface area contributed by atoms with Gasteiger partial charge in [0.15, 0.2) is 11.5 Å². The van der Waals surface area contributed by atoms with Crippen molar-refractivity contribution in [2.75, 3.05) is 6.61 Å². The third kappa shape index (κ3) is 3.47. The molecular formula is C15H17NO3.